The third-order valence-electron chi connectivity index (χ3n) is 1.60. The highest BCUT2D eigenvalue weighted by molar-refractivity contribution is 6.24. The maximum Gasteiger partial charge on any atom is 0.507 e. The van der Waals surface area contributed by atoms with Gasteiger partial charge >= 0.3 is 6.16 Å². The molecule has 0 amide bonds. The zero-order chi connectivity index (χ0) is 7.07. The Morgan fingerprint density at radius 2 is 2.33 bits per heavy atom. The molecule has 48 valence electrons. The maximum atomic E-state index is 10.4. The van der Waals surface area contributed by atoms with Gasteiger partial charge in [-0.25, -0.2) is 4.79 Å². The predicted molar refractivity (Wildman–Crippen MR) is 36.8 cm³/mol. The highest BCUT2D eigenvalue weighted by Gasteiger charge is 2.39. The zero-order valence-corrected chi connectivity index (χ0v) is 5.80. The van der Waals surface area contributed by atoms with Crippen LogP contribution < -0.4 is 0 Å². The van der Waals surface area contributed by atoms with E-state index in [4.69, 9.17) is 9.47 Å². The van der Waals surface area contributed by atoms with Crippen LogP contribution in [0.25, 0.3) is 0 Å². The molecule has 1 aliphatic rings. The van der Waals surface area contributed by atoms with Crippen LogP contribution in [0.2, 0.25) is 0 Å². The second kappa shape index (κ2) is 1.69. The van der Waals surface area contributed by atoms with Crippen LogP contribution in [0.15, 0.2) is 0 Å². The van der Waals surface area contributed by atoms with E-state index in [0.717, 1.165) is 0 Å². The normalized spacial score (nSPS) is 41.9. The first-order valence-electron chi connectivity index (χ1n) is 2.92. The van der Waals surface area contributed by atoms with Gasteiger partial charge in [0.1, 0.15) is 11.5 Å². The van der Waals surface area contributed by atoms with Gasteiger partial charge in [0.25, 0.3) is 0 Å². The van der Waals surface area contributed by atoms with E-state index >= 15 is 0 Å². The van der Waals surface area contributed by atoms with Gasteiger partial charge in [-0.05, 0) is 6.92 Å². The lowest BCUT2D eigenvalue weighted by atomic mass is 9.71. The Morgan fingerprint density at radius 3 is 2.44 bits per heavy atom. The lowest BCUT2D eigenvalue weighted by Gasteiger charge is -2.17. The minimum Gasteiger partial charge on any atom is -0.437 e. The maximum absolute atomic E-state index is 10.4. The average molecular weight is 126 g/mol. The van der Waals surface area contributed by atoms with Crippen molar-refractivity contribution in [1.82, 2.24) is 0 Å². The fraction of sp³-hybridized carbons (Fsp3) is 0.750. The number of carbonyl (C=O) groups excluding carboxylic acids is 1. The Morgan fingerprint density at radius 1 is 1.78 bits per heavy atom. The van der Waals surface area contributed by atoms with Crippen LogP contribution in [0.5, 0.6) is 0 Å². The predicted octanol–water partition coefficient (Wildman–Crippen LogP) is -1.54. The Kier molecular flexibility index (Phi) is 1.22. The molecule has 0 aliphatic carbocycles. The molecule has 0 saturated carbocycles. The zero-order valence-electron chi connectivity index (χ0n) is 5.80. The summed E-state index contributed by atoms with van der Waals surface area (Å²) in [5, 5.41) is 0. The molecule has 1 heterocycles. The Hall–Kier alpha value is -0.600. The van der Waals surface area contributed by atoms with E-state index in [0.29, 0.717) is 0 Å². The number of rotatable bonds is 0. The summed E-state index contributed by atoms with van der Waals surface area (Å²) in [6.45, 7) is 1.82. The highest BCUT2D eigenvalue weighted by atomic mass is 16.8. The van der Waals surface area contributed by atoms with Crippen molar-refractivity contribution in [2.24, 2.45) is 0 Å². The van der Waals surface area contributed by atoms with Gasteiger partial charge in [-0.3, -0.25) is 0 Å². The Balaban J connectivity index is 2.69. The second-order valence-electron chi connectivity index (χ2n) is 2.72. The van der Waals surface area contributed by atoms with E-state index in [2.05, 4.69) is 0 Å². The first kappa shape index (κ1) is 6.52. The lowest BCUT2D eigenvalue weighted by molar-refractivity contribution is 0.112. The van der Waals surface area contributed by atoms with E-state index < -0.39 is 11.7 Å². The first-order valence-corrected chi connectivity index (χ1v) is 2.92. The van der Waals surface area contributed by atoms with E-state index in [1.54, 1.807) is 0 Å². The van der Waals surface area contributed by atoms with Gasteiger partial charge in [-0.1, -0.05) is 0 Å². The summed E-state index contributed by atoms with van der Waals surface area (Å²) in [7, 11) is 3.63. The topological polar surface area (TPSA) is 35.5 Å². The Bertz CT molecular complexity index is 145. The number of hydrogen-bond donors (Lipinski definition) is 0. The van der Waals surface area contributed by atoms with Crippen LogP contribution >= 0.6 is 0 Å². The van der Waals surface area contributed by atoms with Gasteiger partial charge in [0.05, 0.1) is 0 Å². The molecule has 2 atom stereocenters. The van der Waals surface area contributed by atoms with Gasteiger partial charge in [-0.2, -0.15) is 0 Å². The molecule has 0 bridgehead atoms. The van der Waals surface area contributed by atoms with Crippen LogP contribution in [0.3, 0.4) is 0 Å². The molecule has 1 aliphatic heterocycles. The molecule has 0 radical (unpaired) electrons. The summed E-state index contributed by atoms with van der Waals surface area (Å²) in [6.07, 6.45) is -0.563. The van der Waals surface area contributed by atoms with Crippen LogP contribution in [0, 0.1) is 0 Å². The molecule has 1 saturated heterocycles. The van der Waals surface area contributed by atoms with Crippen LogP contribution in [-0.2, 0) is 9.47 Å². The largest absolute Gasteiger partial charge is 0.507 e. The SMILES string of the molecule is BC1OC(=O)OC1(B)C. The third-order valence-corrected chi connectivity index (χ3v) is 1.60. The number of hydrogen-bond acceptors (Lipinski definition) is 3. The van der Waals surface area contributed by atoms with Crippen molar-refractivity contribution in [1.29, 1.82) is 0 Å². The number of cyclic esters (lactones) is 2. The van der Waals surface area contributed by atoms with Crippen molar-refractivity contribution in [2.75, 3.05) is 0 Å². The molecular weight excluding hydrogens is 118 g/mol. The van der Waals surface area contributed by atoms with Crippen molar-refractivity contribution in [2.45, 2.75) is 18.4 Å². The van der Waals surface area contributed by atoms with Crippen LogP contribution in [0.1, 0.15) is 6.92 Å². The highest BCUT2D eigenvalue weighted by Crippen LogP contribution is 2.20. The van der Waals surface area contributed by atoms with Crippen molar-refractivity contribution in [3.63, 3.8) is 0 Å². The van der Waals surface area contributed by atoms with Crippen molar-refractivity contribution >= 4 is 21.8 Å². The van der Waals surface area contributed by atoms with Crippen molar-refractivity contribution in [3.8, 4) is 0 Å². The minimum absolute atomic E-state index is 0.134. The third kappa shape index (κ3) is 1.04. The summed E-state index contributed by atoms with van der Waals surface area (Å²) in [5.74, 6) is 0. The molecule has 0 spiro atoms. The standard InChI is InChI=1S/C4H8B2O3/c1-4(6)2(5)8-3(7)9-4/h2H,5-6H2,1H3. The monoisotopic (exact) mass is 126 g/mol. The first-order chi connectivity index (χ1) is 4.02. The lowest BCUT2D eigenvalue weighted by Crippen LogP contribution is -2.37. The quantitative estimate of drug-likeness (QED) is 0.291. The van der Waals surface area contributed by atoms with Gasteiger partial charge < -0.3 is 9.47 Å². The fourth-order valence-corrected chi connectivity index (χ4v) is 0.608. The van der Waals surface area contributed by atoms with Crippen LogP contribution in [-0.4, -0.2) is 33.4 Å². The molecule has 1 fully saturated rings. The molecule has 3 nitrogen and oxygen atoms in total. The molecule has 0 aromatic heterocycles. The second-order valence-corrected chi connectivity index (χ2v) is 2.72. The summed E-state index contributed by atoms with van der Waals surface area (Å²) < 4.78 is 9.52. The van der Waals surface area contributed by atoms with E-state index in [1.165, 1.54) is 0 Å². The van der Waals surface area contributed by atoms with E-state index in [1.807, 2.05) is 22.6 Å². The van der Waals surface area contributed by atoms with Gasteiger partial charge in [-0.15, -0.1) is 0 Å². The van der Waals surface area contributed by atoms with Gasteiger partial charge in [0.15, 0.2) is 15.7 Å². The van der Waals surface area contributed by atoms with Gasteiger partial charge in [0, 0.05) is 0 Å². The van der Waals surface area contributed by atoms with Crippen molar-refractivity contribution in [3.05, 3.63) is 0 Å². The fourth-order valence-electron chi connectivity index (χ4n) is 0.608. The molecule has 2 unspecified atom stereocenters. The molecule has 5 heteroatoms. The molecule has 0 aromatic carbocycles. The summed E-state index contributed by atoms with van der Waals surface area (Å²) in [5.41, 5.74) is -0.447. The summed E-state index contributed by atoms with van der Waals surface area (Å²) >= 11 is 0. The van der Waals surface area contributed by atoms with Crippen LogP contribution in [0.4, 0.5) is 4.79 Å². The number of ether oxygens (including phenoxy) is 2. The van der Waals surface area contributed by atoms with E-state index in [-0.39, 0.29) is 6.00 Å². The molecule has 9 heavy (non-hydrogen) atoms. The van der Waals surface area contributed by atoms with Crippen molar-refractivity contribution < 1.29 is 14.3 Å². The number of carbonyl (C=O) groups is 1. The average Bonchev–Trinajstić information content (AvgIpc) is 1.79. The summed E-state index contributed by atoms with van der Waals surface area (Å²) in [6, 6.07) is -0.134. The van der Waals surface area contributed by atoms with E-state index in [9.17, 15) is 4.79 Å². The molecule has 1 rings (SSSR count). The summed E-state index contributed by atoms with van der Waals surface area (Å²) in [4.78, 5) is 10.4. The Labute approximate surface area is 55.5 Å². The van der Waals surface area contributed by atoms with Gasteiger partial charge in [0.2, 0.25) is 0 Å². The molecule has 0 aromatic rings. The molecule has 0 N–H and O–H groups in total. The smallest absolute Gasteiger partial charge is 0.437 e. The molecular formula is C4H8B2O3. The minimum atomic E-state index is -0.563.